The molecule has 2 atom stereocenters. The molecular formula is C14H28N2O. The highest BCUT2D eigenvalue weighted by Crippen LogP contribution is 2.27. The fraction of sp³-hybridized carbons (Fsp3) is 1.00. The molecule has 1 saturated heterocycles. The third-order valence-electron chi connectivity index (χ3n) is 4.25. The molecule has 0 amide bonds. The van der Waals surface area contributed by atoms with Crippen LogP contribution < -0.4 is 5.73 Å². The molecule has 1 saturated carbocycles. The number of hydrogen-bond donors (Lipinski definition) is 1. The maximum Gasteiger partial charge on any atom is 0.0590 e. The van der Waals surface area contributed by atoms with Crippen LogP contribution in [0.5, 0.6) is 0 Å². The van der Waals surface area contributed by atoms with Crippen LogP contribution >= 0.6 is 0 Å². The van der Waals surface area contributed by atoms with E-state index in [0.717, 1.165) is 19.1 Å². The molecule has 0 spiro atoms. The molecule has 2 N–H and O–H groups in total. The second kappa shape index (κ2) is 6.72. The molecule has 1 aliphatic heterocycles. The molecule has 2 aliphatic rings. The number of nitrogens with zero attached hydrogens (tertiary/aromatic N) is 1. The van der Waals surface area contributed by atoms with Gasteiger partial charge in [0.05, 0.1) is 6.10 Å². The lowest BCUT2D eigenvalue weighted by Crippen LogP contribution is -2.47. The van der Waals surface area contributed by atoms with E-state index in [0.29, 0.717) is 12.1 Å². The number of likely N-dealkylation sites (tertiary alicyclic amines) is 1. The molecule has 0 radical (unpaired) electrons. The van der Waals surface area contributed by atoms with Crippen molar-refractivity contribution in [3.8, 4) is 0 Å². The van der Waals surface area contributed by atoms with Crippen molar-refractivity contribution in [2.75, 3.05) is 19.7 Å². The third-order valence-corrected chi connectivity index (χ3v) is 4.25. The minimum absolute atomic E-state index is 0.446. The summed E-state index contributed by atoms with van der Waals surface area (Å²) in [6.45, 7) is 5.52. The lowest BCUT2D eigenvalue weighted by atomic mass is 9.90. The average Bonchev–Trinajstić information content (AvgIpc) is 2.37. The summed E-state index contributed by atoms with van der Waals surface area (Å²) >= 11 is 0. The van der Waals surface area contributed by atoms with Gasteiger partial charge in [-0.15, -0.1) is 0 Å². The summed E-state index contributed by atoms with van der Waals surface area (Å²) in [6, 6.07) is 1.21. The van der Waals surface area contributed by atoms with Gasteiger partial charge in [0.25, 0.3) is 0 Å². The Morgan fingerprint density at radius 3 is 2.65 bits per heavy atom. The number of piperidine rings is 1. The van der Waals surface area contributed by atoms with E-state index in [-0.39, 0.29) is 0 Å². The second-order valence-electron chi connectivity index (χ2n) is 5.69. The first-order valence-electron chi connectivity index (χ1n) is 7.40. The quantitative estimate of drug-likeness (QED) is 0.818. The molecule has 100 valence electrons. The Morgan fingerprint density at radius 2 is 1.94 bits per heavy atom. The van der Waals surface area contributed by atoms with Crippen molar-refractivity contribution < 1.29 is 4.74 Å². The van der Waals surface area contributed by atoms with Crippen LogP contribution in [0.2, 0.25) is 0 Å². The summed E-state index contributed by atoms with van der Waals surface area (Å²) in [5.41, 5.74) is 5.97. The monoisotopic (exact) mass is 240 g/mol. The Morgan fingerprint density at radius 1 is 1.18 bits per heavy atom. The molecule has 1 heterocycles. The number of hydrogen-bond acceptors (Lipinski definition) is 3. The van der Waals surface area contributed by atoms with Crippen molar-refractivity contribution in [3.63, 3.8) is 0 Å². The normalized spacial score (nSPS) is 32.8. The van der Waals surface area contributed by atoms with Crippen LogP contribution in [0.3, 0.4) is 0 Å². The van der Waals surface area contributed by atoms with Crippen LogP contribution in [0, 0.1) is 0 Å². The van der Waals surface area contributed by atoms with Gasteiger partial charge in [0, 0.05) is 18.7 Å². The van der Waals surface area contributed by atoms with Gasteiger partial charge in [-0.05, 0) is 58.0 Å². The first-order chi connectivity index (χ1) is 8.29. The molecule has 2 fully saturated rings. The molecule has 0 bridgehead atoms. The first kappa shape index (κ1) is 13.3. The van der Waals surface area contributed by atoms with E-state index >= 15 is 0 Å². The van der Waals surface area contributed by atoms with Crippen LogP contribution in [0.1, 0.15) is 51.9 Å². The van der Waals surface area contributed by atoms with Crippen LogP contribution in [0.25, 0.3) is 0 Å². The lowest BCUT2D eigenvalue weighted by molar-refractivity contribution is -0.00548. The van der Waals surface area contributed by atoms with Gasteiger partial charge in [-0.1, -0.05) is 6.92 Å². The predicted molar refractivity (Wildman–Crippen MR) is 71.1 cm³/mol. The fourth-order valence-electron chi connectivity index (χ4n) is 3.17. The standard InChI is InChI=1S/C14H28N2O/c1-2-10-17-14-5-3-4-13(11-14)16-8-6-12(15)7-9-16/h12-14H,2-11,15H2,1H3/t13-,14+/m0/s1. The van der Waals surface area contributed by atoms with Crippen LogP contribution in [-0.2, 0) is 4.74 Å². The molecule has 0 aromatic carbocycles. The van der Waals surface area contributed by atoms with Gasteiger partial charge in [0.1, 0.15) is 0 Å². The van der Waals surface area contributed by atoms with Crippen molar-refractivity contribution in [1.82, 2.24) is 4.90 Å². The SMILES string of the molecule is CCCO[C@@H]1CCC[C@H](N2CCC(N)CC2)C1. The summed E-state index contributed by atoms with van der Waals surface area (Å²) in [4.78, 5) is 2.66. The topological polar surface area (TPSA) is 38.5 Å². The van der Waals surface area contributed by atoms with E-state index in [1.165, 1.54) is 51.6 Å². The smallest absolute Gasteiger partial charge is 0.0590 e. The van der Waals surface area contributed by atoms with E-state index in [9.17, 15) is 0 Å². The van der Waals surface area contributed by atoms with E-state index in [4.69, 9.17) is 10.5 Å². The molecule has 3 heteroatoms. The van der Waals surface area contributed by atoms with Gasteiger partial charge in [-0.3, -0.25) is 0 Å². The highest BCUT2D eigenvalue weighted by atomic mass is 16.5. The number of nitrogens with two attached hydrogens (primary N) is 1. The maximum atomic E-state index is 5.97. The molecule has 0 aromatic rings. The number of ether oxygens (including phenoxy) is 1. The van der Waals surface area contributed by atoms with E-state index in [1.807, 2.05) is 0 Å². The Hall–Kier alpha value is -0.120. The average molecular weight is 240 g/mol. The van der Waals surface area contributed by atoms with E-state index in [1.54, 1.807) is 0 Å². The van der Waals surface area contributed by atoms with Crippen LogP contribution in [0.15, 0.2) is 0 Å². The van der Waals surface area contributed by atoms with Crippen molar-refractivity contribution in [1.29, 1.82) is 0 Å². The highest BCUT2D eigenvalue weighted by molar-refractivity contribution is 4.84. The molecule has 17 heavy (non-hydrogen) atoms. The van der Waals surface area contributed by atoms with Crippen LogP contribution in [-0.4, -0.2) is 42.8 Å². The molecular weight excluding hydrogens is 212 g/mol. The molecule has 1 aliphatic carbocycles. The molecule has 2 rings (SSSR count). The zero-order valence-corrected chi connectivity index (χ0v) is 11.2. The van der Waals surface area contributed by atoms with Crippen molar-refractivity contribution in [3.05, 3.63) is 0 Å². The maximum absolute atomic E-state index is 5.97. The summed E-state index contributed by atoms with van der Waals surface area (Å²) < 4.78 is 5.92. The summed E-state index contributed by atoms with van der Waals surface area (Å²) in [5.74, 6) is 0. The van der Waals surface area contributed by atoms with Gasteiger partial charge in [0.2, 0.25) is 0 Å². The van der Waals surface area contributed by atoms with Gasteiger partial charge >= 0.3 is 0 Å². The minimum atomic E-state index is 0.446. The zero-order valence-electron chi connectivity index (χ0n) is 11.2. The highest BCUT2D eigenvalue weighted by Gasteiger charge is 2.29. The van der Waals surface area contributed by atoms with Crippen molar-refractivity contribution in [2.45, 2.75) is 70.1 Å². The molecule has 0 unspecified atom stereocenters. The molecule has 3 nitrogen and oxygen atoms in total. The third kappa shape index (κ3) is 3.94. The Bertz CT molecular complexity index is 214. The van der Waals surface area contributed by atoms with Gasteiger partial charge < -0.3 is 15.4 Å². The fourth-order valence-corrected chi connectivity index (χ4v) is 3.17. The Labute approximate surface area is 106 Å². The van der Waals surface area contributed by atoms with Gasteiger partial charge in [-0.2, -0.15) is 0 Å². The van der Waals surface area contributed by atoms with Crippen molar-refractivity contribution in [2.24, 2.45) is 5.73 Å². The minimum Gasteiger partial charge on any atom is -0.378 e. The summed E-state index contributed by atoms with van der Waals surface area (Å²) in [5, 5.41) is 0. The van der Waals surface area contributed by atoms with Gasteiger partial charge in [-0.25, -0.2) is 0 Å². The van der Waals surface area contributed by atoms with Crippen molar-refractivity contribution >= 4 is 0 Å². The summed E-state index contributed by atoms with van der Waals surface area (Å²) in [6.07, 6.45) is 9.22. The second-order valence-corrected chi connectivity index (χ2v) is 5.69. The zero-order chi connectivity index (χ0) is 12.1. The van der Waals surface area contributed by atoms with Gasteiger partial charge in [0.15, 0.2) is 0 Å². The molecule has 0 aromatic heterocycles. The lowest BCUT2D eigenvalue weighted by Gasteiger charge is -2.40. The predicted octanol–water partition coefficient (Wildman–Crippen LogP) is 2.15. The summed E-state index contributed by atoms with van der Waals surface area (Å²) in [7, 11) is 0. The largest absolute Gasteiger partial charge is 0.378 e. The Balaban J connectivity index is 1.76. The first-order valence-corrected chi connectivity index (χ1v) is 7.40. The van der Waals surface area contributed by atoms with E-state index in [2.05, 4.69) is 11.8 Å². The van der Waals surface area contributed by atoms with Crippen LogP contribution in [0.4, 0.5) is 0 Å². The van der Waals surface area contributed by atoms with E-state index < -0.39 is 0 Å². The number of rotatable bonds is 4. The Kier molecular flexibility index (Phi) is 5.26.